The van der Waals surface area contributed by atoms with Crippen molar-refractivity contribution in [1.82, 2.24) is 0 Å². The summed E-state index contributed by atoms with van der Waals surface area (Å²) in [6, 6.07) is 17.4. The highest BCUT2D eigenvalue weighted by Crippen LogP contribution is 2.03. The third-order valence-electron chi connectivity index (χ3n) is 1.51. The minimum absolute atomic E-state index is 0. The van der Waals surface area contributed by atoms with E-state index in [-0.39, 0.29) is 7.43 Å². The van der Waals surface area contributed by atoms with Gasteiger partial charge < -0.3 is 10.2 Å². The van der Waals surface area contributed by atoms with Crippen LogP contribution in [0, 0.1) is 0 Å². The van der Waals surface area contributed by atoms with E-state index in [1.807, 2.05) is 67.5 Å². The fourth-order valence-electron chi connectivity index (χ4n) is 0.856. The zero-order valence-corrected chi connectivity index (χ0v) is 18.4. The summed E-state index contributed by atoms with van der Waals surface area (Å²) in [5.74, 6) is 0.644. The van der Waals surface area contributed by atoms with Gasteiger partial charge in [-0.1, -0.05) is 119 Å². The molecule has 2 rings (SSSR count). The molecule has 0 bridgehead atoms. The van der Waals surface area contributed by atoms with Gasteiger partial charge in [0.1, 0.15) is 11.5 Å². The van der Waals surface area contributed by atoms with E-state index >= 15 is 0 Å². The zero-order chi connectivity index (χ0) is 20.9. The molecule has 0 radical (unpaired) electrons. The van der Waals surface area contributed by atoms with E-state index in [0.717, 1.165) is 0 Å². The first-order chi connectivity index (χ1) is 12.2. The molecule has 156 valence electrons. The Bertz CT molecular complexity index is 321. The number of rotatable bonds is 0. The van der Waals surface area contributed by atoms with E-state index in [2.05, 4.69) is 13.8 Å². The Morgan fingerprint density at radius 3 is 0.731 bits per heavy atom. The minimum Gasteiger partial charge on any atom is -0.508 e. The Kier molecular flexibility index (Phi) is 74.6. The van der Waals surface area contributed by atoms with E-state index in [1.54, 1.807) is 48.5 Å². The van der Waals surface area contributed by atoms with Crippen LogP contribution in [0.3, 0.4) is 0 Å². The molecule has 0 aliphatic heterocycles. The third-order valence-corrected chi connectivity index (χ3v) is 1.51. The van der Waals surface area contributed by atoms with Gasteiger partial charge in [-0.2, -0.15) is 0 Å². The van der Waals surface area contributed by atoms with E-state index in [0.29, 0.717) is 11.5 Å². The van der Waals surface area contributed by atoms with Gasteiger partial charge in [-0.05, 0) is 24.3 Å². The maximum Gasteiger partial charge on any atom is 0.115 e. The van der Waals surface area contributed by atoms with Crippen LogP contribution in [0.15, 0.2) is 60.7 Å². The Balaban J connectivity index is -0.0000000495. The maximum absolute atomic E-state index is 8.63. The molecular formula is C24H48O2. The second kappa shape index (κ2) is 49.5. The smallest absolute Gasteiger partial charge is 0.115 e. The van der Waals surface area contributed by atoms with Gasteiger partial charge in [0.15, 0.2) is 0 Å². The van der Waals surface area contributed by atoms with Crippen molar-refractivity contribution < 1.29 is 10.2 Å². The number of benzene rings is 2. The van der Waals surface area contributed by atoms with Crippen molar-refractivity contribution in [3.8, 4) is 11.5 Å². The molecular weight excluding hydrogens is 320 g/mol. The topological polar surface area (TPSA) is 40.5 Å². The van der Waals surface area contributed by atoms with E-state index in [9.17, 15) is 0 Å². The Hall–Kier alpha value is -1.96. The van der Waals surface area contributed by atoms with Crippen molar-refractivity contribution in [3.05, 3.63) is 60.7 Å². The lowest BCUT2D eigenvalue weighted by atomic mass is 10.3. The Morgan fingerprint density at radius 2 is 0.654 bits per heavy atom. The van der Waals surface area contributed by atoms with Crippen LogP contribution in [-0.4, -0.2) is 10.2 Å². The first-order valence-corrected chi connectivity index (χ1v) is 9.68. The van der Waals surface area contributed by atoms with Crippen molar-refractivity contribution in [1.29, 1.82) is 0 Å². The van der Waals surface area contributed by atoms with E-state index in [4.69, 9.17) is 10.2 Å². The summed E-state index contributed by atoms with van der Waals surface area (Å²) in [6.07, 6.45) is 1.25. The molecule has 0 unspecified atom stereocenters. The van der Waals surface area contributed by atoms with Crippen molar-refractivity contribution in [2.75, 3.05) is 0 Å². The van der Waals surface area contributed by atoms with Gasteiger partial charge in [-0.15, -0.1) is 0 Å². The van der Waals surface area contributed by atoms with Crippen LogP contribution in [0.4, 0.5) is 0 Å². The highest BCUT2D eigenvalue weighted by Gasteiger charge is 1.75. The maximum atomic E-state index is 8.63. The fourth-order valence-corrected chi connectivity index (χ4v) is 0.856. The van der Waals surface area contributed by atoms with Gasteiger partial charge in [0.05, 0.1) is 0 Å². The highest BCUT2D eigenvalue weighted by molar-refractivity contribution is 5.19. The standard InChI is InChI=1S/2C6H6O.C3H8.4C2H6.CH4/c2*7-6-4-2-1-3-5-6;1-3-2;4*1-2;/h2*1-5,7H;3H2,1-2H3;4*1-2H3;1H4. The molecule has 0 aliphatic rings. The number of aromatic hydroxyl groups is 2. The zero-order valence-electron chi connectivity index (χ0n) is 18.4. The lowest BCUT2D eigenvalue weighted by molar-refractivity contribution is 0.475. The molecule has 0 aromatic heterocycles. The van der Waals surface area contributed by atoms with Gasteiger partial charge in [-0.25, -0.2) is 0 Å². The van der Waals surface area contributed by atoms with Crippen molar-refractivity contribution in [2.24, 2.45) is 0 Å². The largest absolute Gasteiger partial charge is 0.508 e. The molecule has 2 N–H and O–H groups in total. The number of hydrogen-bond donors (Lipinski definition) is 2. The van der Waals surface area contributed by atoms with Crippen molar-refractivity contribution in [2.45, 2.75) is 83.1 Å². The molecule has 2 aromatic carbocycles. The predicted octanol–water partition coefficient (Wildman–Crippen LogP) is 8.94. The summed E-state index contributed by atoms with van der Waals surface area (Å²) in [4.78, 5) is 0. The predicted molar refractivity (Wildman–Crippen MR) is 124 cm³/mol. The Labute approximate surface area is 165 Å². The monoisotopic (exact) mass is 368 g/mol. The van der Waals surface area contributed by atoms with Crippen molar-refractivity contribution in [3.63, 3.8) is 0 Å². The molecule has 2 heteroatoms. The summed E-state index contributed by atoms with van der Waals surface area (Å²) < 4.78 is 0. The van der Waals surface area contributed by atoms with Crippen molar-refractivity contribution >= 4 is 0 Å². The molecule has 0 saturated heterocycles. The number of phenols is 2. The minimum atomic E-state index is 0. The molecule has 2 aromatic rings. The molecule has 0 fully saturated rings. The molecule has 2 nitrogen and oxygen atoms in total. The highest BCUT2D eigenvalue weighted by atomic mass is 16.3. The summed E-state index contributed by atoms with van der Waals surface area (Å²) >= 11 is 0. The van der Waals surface area contributed by atoms with Crippen LogP contribution in [0.1, 0.15) is 83.1 Å². The van der Waals surface area contributed by atoms with Gasteiger partial charge >= 0.3 is 0 Å². The first kappa shape index (κ1) is 39.2. The van der Waals surface area contributed by atoms with Gasteiger partial charge in [0, 0.05) is 0 Å². The summed E-state index contributed by atoms with van der Waals surface area (Å²) in [7, 11) is 0. The van der Waals surface area contributed by atoms with Crippen LogP contribution < -0.4 is 0 Å². The van der Waals surface area contributed by atoms with Crippen LogP contribution >= 0.6 is 0 Å². The second-order valence-corrected chi connectivity index (χ2v) is 3.38. The molecule has 0 spiro atoms. The normalized spacial score (nSPS) is 6.23. The number of hydrogen-bond acceptors (Lipinski definition) is 2. The summed E-state index contributed by atoms with van der Waals surface area (Å²) in [6.45, 7) is 20.2. The van der Waals surface area contributed by atoms with Crippen LogP contribution in [0.25, 0.3) is 0 Å². The SMILES string of the molecule is C.CC.CC.CC.CC.CCC.Oc1ccccc1.Oc1ccccc1. The summed E-state index contributed by atoms with van der Waals surface area (Å²) in [5, 5.41) is 17.3. The Morgan fingerprint density at radius 1 is 0.500 bits per heavy atom. The fraction of sp³-hybridized carbons (Fsp3) is 0.500. The average Bonchev–Trinajstić information content (AvgIpc) is 2.70. The molecule has 0 atom stereocenters. The third kappa shape index (κ3) is 49.5. The van der Waals surface area contributed by atoms with Crippen LogP contribution in [0.5, 0.6) is 11.5 Å². The van der Waals surface area contributed by atoms with E-state index in [1.165, 1.54) is 6.42 Å². The van der Waals surface area contributed by atoms with Gasteiger partial charge in [0.25, 0.3) is 0 Å². The summed E-state index contributed by atoms with van der Waals surface area (Å²) in [5.41, 5.74) is 0. The lowest BCUT2D eigenvalue weighted by Gasteiger charge is -1.82. The number of para-hydroxylation sites is 2. The van der Waals surface area contributed by atoms with Gasteiger partial charge in [-0.3, -0.25) is 0 Å². The quantitative estimate of drug-likeness (QED) is 0.487. The van der Waals surface area contributed by atoms with Crippen LogP contribution in [-0.2, 0) is 0 Å². The van der Waals surface area contributed by atoms with Gasteiger partial charge in [0.2, 0.25) is 0 Å². The molecule has 26 heavy (non-hydrogen) atoms. The van der Waals surface area contributed by atoms with Crippen LogP contribution in [0.2, 0.25) is 0 Å². The average molecular weight is 369 g/mol. The van der Waals surface area contributed by atoms with E-state index < -0.39 is 0 Å². The second-order valence-electron chi connectivity index (χ2n) is 3.38. The first-order valence-electron chi connectivity index (χ1n) is 9.68. The molecule has 0 amide bonds. The molecule has 0 aliphatic carbocycles. The number of phenolic OH excluding ortho intramolecular Hbond substituents is 2. The lowest BCUT2D eigenvalue weighted by Crippen LogP contribution is -1.56. The molecule has 0 heterocycles. The molecule has 0 saturated carbocycles.